The number of hydrogen-bond donors (Lipinski definition) is 1. The Morgan fingerprint density at radius 1 is 1.05 bits per heavy atom. The molecule has 3 rings (SSSR count). The Balaban J connectivity index is 2.39. The van der Waals surface area contributed by atoms with Crippen molar-refractivity contribution < 1.29 is 14.2 Å². The van der Waals surface area contributed by atoms with Gasteiger partial charge in [0.1, 0.15) is 22.9 Å². The highest BCUT2D eigenvalue weighted by Gasteiger charge is 2.34. The van der Waals surface area contributed by atoms with Crippen molar-refractivity contribution in [1.82, 2.24) is 0 Å². The van der Waals surface area contributed by atoms with Gasteiger partial charge in [-0.05, 0) is 44.4 Å². The molecular weight excluding hydrogens is 255 g/mol. The summed E-state index contributed by atoms with van der Waals surface area (Å²) in [5.74, 6) is -0.187. The number of aromatic hydroxyl groups is 1. The highest BCUT2D eigenvalue weighted by molar-refractivity contribution is 5.78. The molecule has 1 N–H and O–H groups in total. The molecule has 0 spiro atoms. The summed E-state index contributed by atoms with van der Waals surface area (Å²) in [6.07, 6.45) is 0. The summed E-state index contributed by atoms with van der Waals surface area (Å²) in [6, 6.07) is 6.64. The second-order valence-electron chi connectivity index (χ2n) is 5.90. The Kier molecular flexibility index (Phi) is 2.58. The van der Waals surface area contributed by atoms with E-state index < -0.39 is 11.4 Å². The van der Waals surface area contributed by atoms with Gasteiger partial charge in [-0.3, -0.25) is 0 Å². The van der Waals surface area contributed by atoms with E-state index in [1.165, 1.54) is 6.07 Å². The van der Waals surface area contributed by atoms with Crippen LogP contribution in [0.1, 0.15) is 30.5 Å². The van der Waals surface area contributed by atoms with Gasteiger partial charge < -0.3 is 9.84 Å². The standard InChI is InChI=1S/C17H17FO2/c1-9-5-12-13(6-10(9)2)17(3,4)20-15-8-11(19)7-14(18)16(12)15/h5-8,19H,1-4H3. The molecule has 0 fully saturated rings. The molecule has 1 heterocycles. The highest BCUT2D eigenvalue weighted by atomic mass is 19.1. The molecule has 3 heteroatoms. The third-order valence-corrected chi connectivity index (χ3v) is 3.96. The Morgan fingerprint density at radius 3 is 2.40 bits per heavy atom. The molecule has 2 aromatic rings. The minimum Gasteiger partial charge on any atom is -0.508 e. The van der Waals surface area contributed by atoms with Crippen LogP contribution < -0.4 is 4.74 Å². The Bertz CT molecular complexity index is 717. The first kappa shape index (κ1) is 13.0. The molecular formula is C17H17FO2. The Labute approximate surface area is 117 Å². The molecule has 2 nitrogen and oxygen atoms in total. The summed E-state index contributed by atoms with van der Waals surface area (Å²) in [5, 5.41) is 9.57. The van der Waals surface area contributed by atoms with Crippen LogP contribution in [0.3, 0.4) is 0 Å². The van der Waals surface area contributed by atoms with Crippen molar-refractivity contribution in [3.63, 3.8) is 0 Å². The first-order valence-electron chi connectivity index (χ1n) is 6.63. The average molecular weight is 272 g/mol. The minimum atomic E-state index is -0.555. The Hall–Kier alpha value is -2.03. The smallest absolute Gasteiger partial charge is 0.138 e. The van der Waals surface area contributed by atoms with Crippen molar-refractivity contribution in [2.75, 3.05) is 0 Å². The molecule has 0 aromatic heterocycles. The first-order chi connectivity index (χ1) is 9.29. The summed E-state index contributed by atoms with van der Waals surface area (Å²) >= 11 is 0. The summed E-state index contributed by atoms with van der Waals surface area (Å²) < 4.78 is 20.2. The minimum absolute atomic E-state index is 0.121. The van der Waals surface area contributed by atoms with E-state index in [0.717, 1.165) is 28.3 Å². The number of ether oxygens (including phenoxy) is 1. The van der Waals surface area contributed by atoms with Gasteiger partial charge in [-0.2, -0.15) is 0 Å². The zero-order chi connectivity index (χ0) is 14.7. The summed E-state index contributed by atoms with van der Waals surface area (Å²) in [6.45, 7) is 7.95. The van der Waals surface area contributed by atoms with Gasteiger partial charge in [0.25, 0.3) is 0 Å². The number of phenols is 1. The predicted octanol–water partition coefficient (Wildman–Crippen LogP) is 4.44. The van der Waals surface area contributed by atoms with Gasteiger partial charge in [0, 0.05) is 17.7 Å². The molecule has 0 saturated heterocycles. The third kappa shape index (κ3) is 1.77. The molecule has 2 aromatic carbocycles. The molecule has 0 atom stereocenters. The molecule has 1 aliphatic rings. The summed E-state index contributed by atoms with van der Waals surface area (Å²) in [7, 11) is 0. The normalized spacial score (nSPS) is 15.2. The number of halogens is 1. The van der Waals surface area contributed by atoms with Crippen molar-refractivity contribution in [3.8, 4) is 22.6 Å². The van der Waals surface area contributed by atoms with Gasteiger partial charge >= 0.3 is 0 Å². The van der Waals surface area contributed by atoms with Crippen LogP contribution >= 0.6 is 0 Å². The van der Waals surface area contributed by atoms with Crippen LogP contribution in [-0.4, -0.2) is 5.11 Å². The number of benzene rings is 2. The molecule has 104 valence electrons. The lowest BCUT2D eigenvalue weighted by atomic mass is 9.83. The quantitative estimate of drug-likeness (QED) is 0.768. The monoisotopic (exact) mass is 272 g/mol. The third-order valence-electron chi connectivity index (χ3n) is 3.96. The predicted molar refractivity (Wildman–Crippen MR) is 76.6 cm³/mol. The van der Waals surface area contributed by atoms with E-state index in [2.05, 4.69) is 6.07 Å². The molecule has 0 bridgehead atoms. The summed E-state index contributed by atoms with van der Waals surface area (Å²) in [4.78, 5) is 0. The number of phenolic OH excluding ortho intramolecular Hbond substituents is 1. The topological polar surface area (TPSA) is 29.5 Å². The molecule has 1 aliphatic heterocycles. The van der Waals surface area contributed by atoms with E-state index in [4.69, 9.17) is 4.74 Å². The van der Waals surface area contributed by atoms with E-state index in [9.17, 15) is 9.50 Å². The fourth-order valence-electron chi connectivity index (χ4n) is 2.76. The van der Waals surface area contributed by atoms with E-state index in [0.29, 0.717) is 11.3 Å². The lowest BCUT2D eigenvalue weighted by molar-refractivity contribution is 0.104. The van der Waals surface area contributed by atoms with Crippen LogP contribution in [0.25, 0.3) is 11.1 Å². The van der Waals surface area contributed by atoms with Gasteiger partial charge in [0.2, 0.25) is 0 Å². The van der Waals surface area contributed by atoms with Gasteiger partial charge in [-0.25, -0.2) is 4.39 Å². The maximum absolute atomic E-state index is 14.3. The molecule has 0 aliphatic carbocycles. The van der Waals surface area contributed by atoms with Crippen LogP contribution in [-0.2, 0) is 5.60 Å². The van der Waals surface area contributed by atoms with Crippen LogP contribution in [0.15, 0.2) is 24.3 Å². The number of fused-ring (bicyclic) bond motifs is 3. The number of aryl methyl sites for hydroxylation is 2. The highest BCUT2D eigenvalue weighted by Crippen LogP contribution is 2.48. The molecule has 0 saturated carbocycles. The van der Waals surface area contributed by atoms with Crippen LogP contribution in [0, 0.1) is 19.7 Å². The zero-order valence-electron chi connectivity index (χ0n) is 12.0. The van der Waals surface area contributed by atoms with E-state index in [-0.39, 0.29) is 5.75 Å². The second-order valence-corrected chi connectivity index (χ2v) is 5.90. The van der Waals surface area contributed by atoms with Gasteiger partial charge in [0.15, 0.2) is 0 Å². The maximum Gasteiger partial charge on any atom is 0.138 e. The van der Waals surface area contributed by atoms with Gasteiger partial charge in [0.05, 0.1) is 5.56 Å². The summed E-state index contributed by atoms with van der Waals surface area (Å²) in [5.41, 5.74) is 3.96. The van der Waals surface area contributed by atoms with Crippen LogP contribution in [0.2, 0.25) is 0 Å². The van der Waals surface area contributed by atoms with Crippen LogP contribution in [0.5, 0.6) is 11.5 Å². The zero-order valence-corrected chi connectivity index (χ0v) is 12.0. The SMILES string of the molecule is Cc1cc2c(cc1C)C(C)(C)Oc1cc(O)cc(F)c1-2. The van der Waals surface area contributed by atoms with Crippen molar-refractivity contribution in [1.29, 1.82) is 0 Å². The van der Waals surface area contributed by atoms with Crippen molar-refractivity contribution >= 4 is 0 Å². The lowest BCUT2D eigenvalue weighted by Crippen LogP contribution is -2.30. The first-order valence-corrected chi connectivity index (χ1v) is 6.63. The molecule has 0 radical (unpaired) electrons. The number of hydrogen-bond acceptors (Lipinski definition) is 2. The number of rotatable bonds is 0. The van der Waals surface area contributed by atoms with Crippen molar-refractivity contribution in [3.05, 3.63) is 46.8 Å². The van der Waals surface area contributed by atoms with E-state index >= 15 is 0 Å². The van der Waals surface area contributed by atoms with E-state index in [1.807, 2.05) is 33.8 Å². The van der Waals surface area contributed by atoms with Gasteiger partial charge in [-0.1, -0.05) is 12.1 Å². The fraction of sp³-hybridized carbons (Fsp3) is 0.294. The molecule has 20 heavy (non-hydrogen) atoms. The largest absolute Gasteiger partial charge is 0.508 e. The van der Waals surface area contributed by atoms with Crippen LogP contribution in [0.4, 0.5) is 4.39 Å². The molecule has 0 unspecified atom stereocenters. The van der Waals surface area contributed by atoms with E-state index in [1.54, 1.807) is 0 Å². The second kappa shape index (κ2) is 3.98. The maximum atomic E-state index is 14.3. The lowest BCUT2D eigenvalue weighted by Gasteiger charge is -2.35. The average Bonchev–Trinajstić information content (AvgIpc) is 2.30. The molecule has 0 amide bonds. The van der Waals surface area contributed by atoms with Crippen molar-refractivity contribution in [2.24, 2.45) is 0 Å². The van der Waals surface area contributed by atoms with Gasteiger partial charge in [-0.15, -0.1) is 0 Å². The van der Waals surface area contributed by atoms with Crippen molar-refractivity contribution in [2.45, 2.75) is 33.3 Å². The fourth-order valence-corrected chi connectivity index (χ4v) is 2.76. The Morgan fingerprint density at radius 2 is 1.70 bits per heavy atom.